The number of imidazole rings is 1. The van der Waals surface area contributed by atoms with Crippen molar-refractivity contribution in [2.45, 2.75) is 25.8 Å². The molecule has 0 fully saturated rings. The smallest absolute Gasteiger partial charge is 0.220 e. The average molecular weight is 291 g/mol. The summed E-state index contributed by atoms with van der Waals surface area (Å²) in [6, 6.07) is 3.63. The molecule has 0 radical (unpaired) electrons. The van der Waals surface area contributed by atoms with Crippen LogP contribution in [0.5, 0.6) is 0 Å². The van der Waals surface area contributed by atoms with Crippen LogP contribution in [0, 0.1) is 0 Å². The summed E-state index contributed by atoms with van der Waals surface area (Å²) in [5.74, 6) is -0.0332. The Morgan fingerprint density at radius 1 is 1.35 bits per heavy atom. The highest BCUT2D eigenvalue weighted by Gasteiger charge is 2.09. The third-order valence-electron chi connectivity index (χ3n) is 2.85. The molecule has 2 rings (SSSR count). The van der Waals surface area contributed by atoms with Crippen molar-refractivity contribution in [1.82, 2.24) is 14.9 Å². The Labute approximate surface area is 121 Å². The van der Waals surface area contributed by atoms with Crippen LogP contribution in [0.4, 0.5) is 0 Å². The molecule has 20 heavy (non-hydrogen) atoms. The van der Waals surface area contributed by atoms with Crippen molar-refractivity contribution in [2.75, 3.05) is 6.54 Å². The fraction of sp³-hybridized carbons (Fsp3) is 0.357. The zero-order valence-corrected chi connectivity index (χ0v) is 11.9. The van der Waals surface area contributed by atoms with Gasteiger partial charge in [0.25, 0.3) is 0 Å². The molecule has 0 aliphatic carbocycles. The second kappa shape index (κ2) is 7.59. The van der Waals surface area contributed by atoms with E-state index in [1.807, 2.05) is 22.2 Å². The summed E-state index contributed by atoms with van der Waals surface area (Å²) < 4.78 is 1.96. The van der Waals surface area contributed by atoms with Crippen molar-refractivity contribution >= 4 is 23.0 Å². The number of carbonyl (C=O) groups is 2. The van der Waals surface area contributed by atoms with Gasteiger partial charge in [0.2, 0.25) is 5.91 Å². The fourth-order valence-corrected chi connectivity index (χ4v) is 2.48. The minimum atomic E-state index is -0.0689. The normalized spacial score (nSPS) is 10.4. The molecule has 5 nitrogen and oxygen atoms in total. The Morgan fingerprint density at radius 2 is 2.25 bits per heavy atom. The van der Waals surface area contributed by atoms with Crippen molar-refractivity contribution in [3.05, 3.63) is 41.1 Å². The number of hydrogen-bond acceptors (Lipinski definition) is 4. The van der Waals surface area contributed by atoms with E-state index in [0.29, 0.717) is 6.54 Å². The highest BCUT2D eigenvalue weighted by atomic mass is 32.1. The minimum absolute atomic E-state index is 0.0357. The first kappa shape index (κ1) is 14.5. The lowest BCUT2D eigenvalue weighted by Crippen LogP contribution is -2.25. The van der Waals surface area contributed by atoms with E-state index in [1.54, 1.807) is 18.6 Å². The second-order valence-electron chi connectivity index (χ2n) is 4.40. The van der Waals surface area contributed by atoms with Gasteiger partial charge in [-0.05, 0) is 17.9 Å². The van der Waals surface area contributed by atoms with Gasteiger partial charge in [0, 0.05) is 38.3 Å². The number of ketones is 1. The van der Waals surface area contributed by atoms with Crippen LogP contribution >= 0.6 is 11.3 Å². The monoisotopic (exact) mass is 291 g/mol. The summed E-state index contributed by atoms with van der Waals surface area (Å²) in [5.41, 5.74) is 0. The Hall–Kier alpha value is -1.95. The first-order valence-electron chi connectivity index (χ1n) is 6.55. The summed E-state index contributed by atoms with van der Waals surface area (Å²) in [6.45, 7) is 1.44. The number of aromatic nitrogens is 2. The highest BCUT2D eigenvalue weighted by molar-refractivity contribution is 7.12. The minimum Gasteiger partial charge on any atom is -0.356 e. The van der Waals surface area contributed by atoms with Gasteiger partial charge < -0.3 is 9.88 Å². The number of nitrogens with zero attached hydrogens (tertiary/aromatic N) is 2. The molecule has 0 saturated carbocycles. The van der Waals surface area contributed by atoms with Gasteiger partial charge in [-0.1, -0.05) is 6.07 Å². The topological polar surface area (TPSA) is 64.0 Å². The average Bonchev–Trinajstić information content (AvgIpc) is 3.13. The molecule has 0 aromatic carbocycles. The SMILES string of the molecule is O=C(CCC(=O)c1cccs1)NCCCn1ccnc1. The van der Waals surface area contributed by atoms with E-state index in [4.69, 9.17) is 0 Å². The van der Waals surface area contributed by atoms with Crippen molar-refractivity contribution < 1.29 is 9.59 Å². The maximum atomic E-state index is 11.7. The summed E-state index contributed by atoms with van der Waals surface area (Å²) in [5, 5.41) is 4.69. The number of thiophene rings is 1. The third-order valence-corrected chi connectivity index (χ3v) is 3.76. The Kier molecular flexibility index (Phi) is 5.49. The molecule has 1 N–H and O–H groups in total. The lowest BCUT2D eigenvalue weighted by atomic mass is 10.2. The van der Waals surface area contributed by atoms with Crippen molar-refractivity contribution in [1.29, 1.82) is 0 Å². The number of carbonyl (C=O) groups excluding carboxylic acids is 2. The summed E-state index contributed by atoms with van der Waals surface area (Å²) in [7, 11) is 0. The molecule has 2 heterocycles. The first-order chi connectivity index (χ1) is 9.75. The lowest BCUT2D eigenvalue weighted by molar-refractivity contribution is -0.121. The maximum Gasteiger partial charge on any atom is 0.220 e. The van der Waals surface area contributed by atoms with E-state index in [0.717, 1.165) is 17.8 Å². The standard InChI is InChI=1S/C14H17N3O2S/c18-12(13-3-1-10-20-13)4-5-14(19)16-6-2-8-17-9-7-15-11-17/h1,3,7,9-11H,2,4-6,8H2,(H,16,19). The van der Waals surface area contributed by atoms with E-state index in [2.05, 4.69) is 10.3 Å². The molecule has 0 saturated heterocycles. The van der Waals surface area contributed by atoms with Gasteiger partial charge in [-0.15, -0.1) is 11.3 Å². The molecule has 1 amide bonds. The number of rotatable bonds is 8. The molecule has 2 aromatic heterocycles. The van der Waals surface area contributed by atoms with Crippen LogP contribution in [-0.4, -0.2) is 27.8 Å². The van der Waals surface area contributed by atoms with Crippen LogP contribution in [0.3, 0.4) is 0 Å². The summed E-state index contributed by atoms with van der Waals surface area (Å²) in [6.07, 6.45) is 6.74. The second-order valence-corrected chi connectivity index (χ2v) is 5.35. The van der Waals surface area contributed by atoms with Crippen LogP contribution in [-0.2, 0) is 11.3 Å². The number of Topliss-reactive ketones (excluding diaryl/α,β-unsaturated/α-hetero) is 1. The Bertz CT molecular complexity index is 535. The molecular formula is C14H17N3O2S. The molecule has 2 aromatic rings. The van der Waals surface area contributed by atoms with Crippen LogP contribution in [0.25, 0.3) is 0 Å². The molecule has 0 atom stereocenters. The van der Waals surface area contributed by atoms with Crippen LogP contribution in [0.1, 0.15) is 28.9 Å². The zero-order valence-electron chi connectivity index (χ0n) is 11.1. The van der Waals surface area contributed by atoms with E-state index < -0.39 is 0 Å². The van der Waals surface area contributed by atoms with Gasteiger partial charge in [0.15, 0.2) is 5.78 Å². The predicted octanol–water partition coefficient (Wildman–Crippen LogP) is 2.11. The van der Waals surface area contributed by atoms with Crippen molar-refractivity contribution in [3.8, 4) is 0 Å². The molecule has 6 heteroatoms. The molecule has 0 aliphatic heterocycles. The van der Waals surface area contributed by atoms with Gasteiger partial charge in [-0.25, -0.2) is 4.98 Å². The van der Waals surface area contributed by atoms with Crippen LogP contribution in [0.2, 0.25) is 0 Å². The van der Waals surface area contributed by atoms with Gasteiger partial charge in [-0.3, -0.25) is 9.59 Å². The molecule has 0 spiro atoms. The van der Waals surface area contributed by atoms with Gasteiger partial charge in [-0.2, -0.15) is 0 Å². The van der Waals surface area contributed by atoms with Gasteiger partial charge >= 0.3 is 0 Å². The van der Waals surface area contributed by atoms with E-state index >= 15 is 0 Å². The Balaban J connectivity index is 1.57. The highest BCUT2D eigenvalue weighted by Crippen LogP contribution is 2.12. The van der Waals surface area contributed by atoms with E-state index in [-0.39, 0.29) is 24.5 Å². The first-order valence-corrected chi connectivity index (χ1v) is 7.43. The van der Waals surface area contributed by atoms with Gasteiger partial charge in [0.1, 0.15) is 0 Å². The summed E-state index contributed by atoms with van der Waals surface area (Å²) in [4.78, 5) is 28.0. The largest absolute Gasteiger partial charge is 0.356 e. The predicted molar refractivity (Wildman–Crippen MR) is 77.7 cm³/mol. The number of hydrogen-bond donors (Lipinski definition) is 1. The zero-order chi connectivity index (χ0) is 14.2. The van der Waals surface area contributed by atoms with Crippen molar-refractivity contribution in [2.24, 2.45) is 0 Å². The molecule has 106 valence electrons. The quantitative estimate of drug-likeness (QED) is 0.598. The molecule has 0 bridgehead atoms. The molecule has 0 unspecified atom stereocenters. The third kappa shape index (κ3) is 4.62. The Morgan fingerprint density at radius 3 is 2.95 bits per heavy atom. The lowest BCUT2D eigenvalue weighted by Gasteiger charge is -2.05. The molecule has 0 aliphatic rings. The van der Waals surface area contributed by atoms with Crippen LogP contribution in [0.15, 0.2) is 36.2 Å². The number of aryl methyl sites for hydroxylation is 1. The van der Waals surface area contributed by atoms with E-state index in [9.17, 15) is 9.59 Å². The van der Waals surface area contributed by atoms with Crippen molar-refractivity contribution in [3.63, 3.8) is 0 Å². The molecular weight excluding hydrogens is 274 g/mol. The fourth-order valence-electron chi connectivity index (χ4n) is 1.78. The maximum absolute atomic E-state index is 11.7. The van der Waals surface area contributed by atoms with E-state index in [1.165, 1.54) is 11.3 Å². The van der Waals surface area contributed by atoms with Crippen LogP contribution < -0.4 is 5.32 Å². The van der Waals surface area contributed by atoms with Gasteiger partial charge in [0.05, 0.1) is 11.2 Å². The summed E-state index contributed by atoms with van der Waals surface area (Å²) >= 11 is 1.41. The number of nitrogens with one attached hydrogen (secondary N) is 1. The number of amides is 1.